The average Bonchev–Trinajstić information content (AvgIpc) is 3.23. The molecule has 1 aromatic carbocycles. The molecule has 1 aliphatic carbocycles. The molecule has 1 aromatic heterocycles. The number of aromatic nitrogens is 1. The Labute approximate surface area is 161 Å². The fraction of sp³-hybridized carbons (Fsp3) is 0.444. The highest BCUT2D eigenvalue weighted by atomic mass is 32.2. The molecule has 9 heteroatoms. The van der Waals surface area contributed by atoms with E-state index in [4.69, 9.17) is 0 Å². The van der Waals surface area contributed by atoms with Gasteiger partial charge in [0.1, 0.15) is 10.7 Å². The van der Waals surface area contributed by atoms with E-state index in [0.717, 1.165) is 31.0 Å². The van der Waals surface area contributed by atoms with E-state index in [1.54, 1.807) is 0 Å². The lowest BCUT2D eigenvalue weighted by molar-refractivity contribution is -0.120. The summed E-state index contributed by atoms with van der Waals surface area (Å²) in [7, 11) is -3.88. The summed E-state index contributed by atoms with van der Waals surface area (Å²) in [5, 5.41) is 3.51. The number of sulfonamides is 1. The van der Waals surface area contributed by atoms with Crippen molar-refractivity contribution in [1.29, 1.82) is 0 Å². The Hall–Kier alpha value is -1.84. The summed E-state index contributed by atoms with van der Waals surface area (Å²) in [6.07, 6.45) is 3.93. The van der Waals surface area contributed by atoms with E-state index in [1.165, 1.54) is 38.7 Å². The van der Waals surface area contributed by atoms with Crippen LogP contribution in [0.2, 0.25) is 0 Å². The monoisotopic (exact) mass is 409 g/mol. The minimum atomic E-state index is -3.88. The number of benzene rings is 1. The third kappa shape index (κ3) is 3.63. The molecule has 0 atom stereocenters. The van der Waals surface area contributed by atoms with Crippen molar-refractivity contribution in [2.24, 2.45) is 5.92 Å². The molecule has 1 amide bonds. The van der Waals surface area contributed by atoms with Gasteiger partial charge in [0.2, 0.25) is 15.9 Å². The van der Waals surface area contributed by atoms with E-state index in [9.17, 15) is 17.6 Å². The van der Waals surface area contributed by atoms with Crippen LogP contribution in [-0.4, -0.2) is 36.7 Å². The highest BCUT2D eigenvalue weighted by molar-refractivity contribution is 7.89. The summed E-state index contributed by atoms with van der Waals surface area (Å²) in [5.74, 6) is -1.14. The second-order valence-corrected chi connectivity index (χ2v) is 9.83. The lowest BCUT2D eigenvalue weighted by Gasteiger charge is -2.30. The second-order valence-electron chi connectivity index (χ2n) is 6.84. The van der Waals surface area contributed by atoms with Crippen molar-refractivity contribution < 1.29 is 17.6 Å². The molecule has 1 N–H and O–H groups in total. The smallest absolute Gasteiger partial charge is 0.245 e. The predicted octanol–water partition coefficient (Wildman–Crippen LogP) is 2.81. The van der Waals surface area contributed by atoms with Gasteiger partial charge in [0.05, 0.1) is 5.69 Å². The van der Waals surface area contributed by atoms with Gasteiger partial charge in [0.15, 0.2) is 5.13 Å². The largest absolute Gasteiger partial charge is 0.302 e. The summed E-state index contributed by atoms with van der Waals surface area (Å²) in [6, 6.07) is 5.37. The van der Waals surface area contributed by atoms with Gasteiger partial charge >= 0.3 is 0 Å². The maximum Gasteiger partial charge on any atom is 0.245 e. The lowest BCUT2D eigenvalue weighted by Crippen LogP contribution is -2.41. The number of hydrogen-bond donors (Lipinski definition) is 1. The van der Waals surface area contributed by atoms with Crippen LogP contribution in [0.15, 0.2) is 29.2 Å². The molecule has 1 fully saturated rings. The molecule has 0 radical (unpaired) electrons. The number of nitrogens with one attached hydrogen (secondary N) is 1. The summed E-state index contributed by atoms with van der Waals surface area (Å²) in [5.41, 5.74) is 1.08. The zero-order valence-electron chi connectivity index (χ0n) is 14.7. The van der Waals surface area contributed by atoms with Crippen LogP contribution in [0.3, 0.4) is 0 Å². The van der Waals surface area contributed by atoms with Gasteiger partial charge in [-0.2, -0.15) is 4.31 Å². The first-order valence-corrected chi connectivity index (χ1v) is 11.2. The van der Waals surface area contributed by atoms with Gasteiger partial charge < -0.3 is 5.32 Å². The van der Waals surface area contributed by atoms with E-state index in [1.807, 2.05) is 0 Å². The van der Waals surface area contributed by atoms with Crippen molar-refractivity contribution in [2.45, 2.75) is 37.0 Å². The van der Waals surface area contributed by atoms with Gasteiger partial charge in [0.25, 0.3) is 0 Å². The van der Waals surface area contributed by atoms with E-state index >= 15 is 0 Å². The zero-order valence-corrected chi connectivity index (χ0v) is 16.3. The topological polar surface area (TPSA) is 79.4 Å². The average molecular weight is 410 g/mol. The van der Waals surface area contributed by atoms with E-state index < -0.39 is 15.8 Å². The molecular weight excluding hydrogens is 389 g/mol. The van der Waals surface area contributed by atoms with E-state index in [-0.39, 0.29) is 29.8 Å². The molecule has 4 rings (SSSR count). The van der Waals surface area contributed by atoms with Gasteiger partial charge in [-0.1, -0.05) is 12.1 Å². The van der Waals surface area contributed by atoms with Gasteiger partial charge in [-0.25, -0.2) is 17.8 Å². The SMILES string of the molecule is O=C(Nc1nc2c(s1)CCC2)C1CCN(S(=O)(=O)c2ccccc2F)CC1. The van der Waals surface area contributed by atoms with Gasteiger partial charge in [-0.05, 0) is 44.2 Å². The number of carbonyl (C=O) groups excluding carboxylic acids is 1. The minimum Gasteiger partial charge on any atom is -0.302 e. The van der Waals surface area contributed by atoms with Gasteiger partial charge in [-0.15, -0.1) is 11.3 Å². The van der Waals surface area contributed by atoms with Crippen molar-refractivity contribution in [2.75, 3.05) is 18.4 Å². The summed E-state index contributed by atoms with van der Waals surface area (Å²) in [6.45, 7) is 0.395. The summed E-state index contributed by atoms with van der Waals surface area (Å²) >= 11 is 1.53. The highest BCUT2D eigenvalue weighted by Crippen LogP contribution is 2.31. The molecule has 1 saturated heterocycles. The third-order valence-corrected chi connectivity index (χ3v) is 8.11. The Balaban J connectivity index is 1.38. The normalized spacial score (nSPS) is 18.4. The fourth-order valence-corrected chi connectivity index (χ4v) is 6.19. The molecule has 0 spiro atoms. The number of carbonyl (C=O) groups is 1. The van der Waals surface area contributed by atoms with E-state index in [2.05, 4.69) is 10.3 Å². The molecular formula is C18H20FN3O3S2. The molecule has 27 heavy (non-hydrogen) atoms. The number of anilines is 1. The number of rotatable bonds is 4. The molecule has 144 valence electrons. The van der Waals surface area contributed by atoms with Crippen LogP contribution in [0.1, 0.15) is 29.8 Å². The molecule has 2 heterocycles. The minimum absolute atomic E-state index is 0.120. The number of amides is 1. The maximum atomic E-state index is 13.9. The van der Waals surface area contributed by atoms with Crippen molar-refractivity contribution in [3.8, 4) is 0 Å². The number of nitrogens with zero attached hydrogens (tertiary/aromatic N) is 2. The molecule has 0 saturated carbocycles. The van der Waals surface area contributed by atoms with Crippen LogP contribution < -0.4 is 5.32 Å². The van der Waals surface area contributed by atoms with Crippen LogP contribution in [-0.2, 0) is 27.7 Å². The Kier molecular flexibility index (Phi) is 5.00. The first-order valence-electron chi connectivity index (χ1n) is 8.99. The number of aryl methyl sites for hydroxylation is 2. The summed E-state index contributed by atoms with van der Waals surface area (Å²) < 4.78 is 40.4. The Morgan fingerprint density at radius 1 is 1.22 bits per heavy atom. The van der Waals surface area contributed by atoms with Crippen LogP contribution in [0.25, 0.3) is 0 Å². The number of piperidine rings is 1. The Morgan fingerprint density at radius 2 is 1.96 bits per heavy atom. The third-order valence-electron chi connectivity index (χ3n) is 5.10. The van der Waals surface area contributed by atoms with Crippen molar-refractivity contribution in [3.63, 3.8) is 0 Å². The van der Waals surface area contributed by atoms with Crippen LogP contribution >= 0.6 is 11.3 Å². The van der Waals surface area contributed by atoms with Crippen LogP contribution in [0.5, 0.6) is 0 Å². The Bertz CT molecular complexity index is 944. The van der Waals surface area contributed by atoms with Gasteiger partial charge in [-0.3, -0.25) is 4.79 Å². The molecule has 0 unspecified atom stereocenters. The molecule has 1 aliphatic heterocycles. The number of hydrogen-bond acceptors (Lipinski definition) is 5. The Morgan fingerprint density at radius 3 is 2.67 bits per heavy atom. The predicted molar refractivity (Wildman–Crippen MR) is 101 cm³/mol. The van der Waals surface area contributed by atoms with E-state index in [0.29, 0.717) is 18.0 Å². The molecule has 2 aliphatic rings. The zero-order chi connectivity index (χ0) is 19.0. The molecule has 0 bridgehead atoms. The van der Waals surface area contributed by atoms with Crippen molar-refractivity contribution in [3.05, 3.63) is 40.7 Å². The first-order chi connectivity index (χ1) is 12.9. The van der Waals surface area contributed by atoms with Crippen LogP contribution in [0.4, 0.5) is 9.52 Å². The maximum absolute atomic E-state index is 13.9. The standard InChI is InChI=1S/C18H20FN3O3S2/c19-13-4-1-2-7-16(13)27(24,25)22-10-8-12(9-11-22)17(23)21-18-20-14-5-3-6-15(14)26-18/h1-2,4,7,12H,3,5-6,8-11H2,(H,20,21,23). The molecule has 2 aromatic rings. The number of thiazole rings is 1. The summed E-state index contributed by atoms with van der Waals surface area (Å²) in [4.78, 5) is 17.9. The quantitative estimate of drug-likeness (QED) is 0.842. The number of fused-ring (bicyclic) bond motifs is 1. The lowest BCUT2D eigenvalue weighted by atomic mass is 9.97. The van der Waals surface area contributed by atoms with Crippen molar-refractivity contribution >= 4 is 32.4 Å². The fourth-order valence-electron chi connectivity index (χ4n) is 3.60. The van der Waals surface area contributed by atoms with Gasteiger partial charge in [0, 0.05) is 23.9 Å². The first kappa shape index (κ1) is 18.5. The van der Waals surface area contributed by atoms with Crippen molar-refractivity contribution in [1.82, 2.24) is 9.29 Å². The van der Waals surface area contributed by atoms with Crippen LogP contribution in [0, 0.1) is 11.7 Å². The molecule has 6 nitrogen and oxygen atoms in total. The highest BCUT2D eigenvalue weighted by Gasteiger charge is 2.33. The number of halogens is 1. The second kappa shape index (κ2) is 7.29.